The van der Waals surface area contributed by atoms with Crippen LogP contribution in [0, 0.1) is 11.7 Å². The third kappa shape index (κ3) is 4.61. The Morgan fingerprint density at radius 1 is 1.10 bits per heavy atom. The molecule has 2 aromatic carbocycles. The highest BCUT2D eigenvalue weighted by atomic mass is 35.5. The second-order valence-electron chi connectivity index (χ2n) is 9.81. The summed E-state index contributed by atoms with van der Waals surface area (Å²) in [4.78, 5) is 44.3. The first-order valence-corrected chi connectivity index (χ1v) is 13.0. The van der Waals surface area contributed by atoms with Crippen molar-refractivity contribution in [2.45, 2.75) is 25.8 Å². The van der Waals surface area contributed by atoms with Gasteiger partial charge in [-0.25, -0.2) is 13.9 Å². The number of carbonyl (C=O) groups is 3. The minimum absolute atomic E-state index is 0.0110. The van der Waals surface area contributed by atoms with Crippen molar-refractivity contribution in [2.75, 3.05) is 18.4 Å². The summed E-state index contributed by atoms with van der Waals surface area (Å²) in [7, 11) is 0. The molecule has 1 atom stereocenters. The largest absolute Gasteiger partial charge is 0.343 e. The summed E-state index contributed by atoms with van der Waals surface area (Å²) < 4.78 is 15.8. The number of hydrogen-bond donors (Lipinski definition) is 2. The Morgan fingerprint density at radius 2 is 1.90 bits per heavy atom. The molecule has 0 radical (unpaired) electrons. The van der Waals surface area contributed by atoms with Crippen LogP contribution in [-0.2, 0) is 9.59 Å². The van der Waals surface area contributed by atoms with E-state index in [9.17, 15) is 18.8 Å². The minimum atomic E-state index is -0.752. The highest BCUT2D eigenvalue weighted by molar-refractivity contribution is 6.31. The van der Waals surface area contributed by atoms with Crippen LogP contribution in [0.2, 0.25) is 5.02 Å². The molecule has 9 nitrogen and oxygen atoms in total. The molecule has 1 unspecified atom stereocenters. The monoisotopic (exact) mass is 546 g/mol. The van der Waals surface area contributed by atoms with E-state index < -0.39 is 11.9 Å². The Morgan fingerprint density at radius 3 is 2.67 bits per heavy atom. The quantitative estimate of drug-likeness (QED) is 0.398. The summed E-state index contributed by atoms with van der Waals surface area (Å²) in [6.45, 7) is 2.53. The number of nitrogens with zero attached hydrogens (tertiary/aromatic N) is 4. The van der Waals surface area contributed by atoms with Gasteiger partial charge in [-0.3, -0.25) is 14.4 Å². The summed E-state index contributed by atoms with van der Waals surface area (Å²) in [6.07, 6.45) is 4.31. The third-order valence-electron chi connectivity index (χ3n) is 7.43. The summed E-state index contributed by atoms with van der Waals surface area (Å²) in [6, 6.07) is 10.5. The van der Waals surface area contributed by atoms with Gasteiger partial charge >= 0.3 is 0 Å². The second kappa shape index (κ2) is 9.77. The van der Waals surface area contributed by atoms with E-state index in [0.717, 1.165) is 5.56 Å². The summed E-state index contributed by atoms with van der Waals surface area (Å²) in [5.41, 5.74) is 3.83. The topological polar surface area (TPSA) is 109 Å². The van der Waals surface area contributed by atoms with E-state index >= 15 is 0 Å². The zero-order valence-corrected chi connectivity index (χ0v) is 21.7. The molecule has 0 saturated carbocycles. The predicted molar refractivity (Wildman–Crippen MR) is 143 cm³/mol. The van der Waals surface area contributed by atoms with Crippen LogP contribution in [-0.4, -0.2) is 50.3 Å². The Hall–Kier alpha value is -4.31. The van der Waals surface area contributed by atoms with Crippen molar-refractivity contribution in [3.05, 3.63) is 82.5 Å². The van der Waals surface area contributed by atoms with Gasteiger partial charge in [0.25, 0.3) is 5.91 Å². The fourth-order valence-electron chi connectivity index (χ4n) is 5.35. The van der Waals surface area contributed by atoms with Gasteiger partial charge in [0.15, 0.2) is 5.65 Å². The first-order chi connectivity index (χ1) is 18.8. The molecule has 4 aromatic rings. The molecule has 2 aromatic heterocycles. The lowest BCUT2D eigenvalue weighted by Gasteiger charge is -2.30. The van der Waals surface area contributed by atoms with Crippen LogP contribution in [0.4, 0.5) is 10.1 Å². The van der Waals surface area contributed by atoms with Crippen LogP contribution in [0.3, 0.4) is 0 Å². The highest BCUT2D eigenvalue weighted by Gasteiger charge is 2.36. The Labute approximate surface area is 228 Å². The molecule has 1 saturated heterocycles. The van der Waals surface area contributed by atoms with Gasteiger partial charge in [0, 0.05) is 65.1 Å². The van der Waals surface area contributed by atoms with Gasteiger partial charge in [0.05, 0.1) is 6.04 Å². The van der Waals surface area contributed by atoms with E-state index in [2.05, 4.69) is 20.7 Å². The number of aromatic nitrogens is 3. The van der Waals surface area contributed by atoms with Gasteiger partial charge in [0.2, 0.25) is 11.8 Å². The molecule has 4 heterocycles. The second-order valence-corrected chi connectivity index (χ2v) is 10.2. The summed E-state index contributed by atoms with van der Waals surface area (Å²) >= 11 is 6.43. The number of nitrogens with one attached hydrogen (secondary N) is 2. The Kier molecular flexibility index (Phi) is 6.26. The number of rotatable bonds is 4. The van der Waals surface area contributed by atoms with Crippen LogP contribution < -0.4 is 10.6 Å². The molecule has 0 bridgehead atoms. The molecule has 6 rings (SSSR count). The highest BCUT2D eigenvalue weighted by Crippen LogP contribution is 2.42. The first kappa shape index (κ1) is 25.0. The maximum absolute atomic E-state index is 14.2. The summed E-state index contributed by atoms with van der Waals surface area (Å²) in [5.74, 6) is -1.36. The van der Waals surface area contributed by atoms with Crippen molar-refractivity contribution in [1.29, 1.82) is 0 Å². The van der Waals surface area contributed by atoms with Gasteiger partial charge in [-0.1, -0.05) is 11.6 Å². The number of likely N-dealkylation sites (tertiary alicyclic amines) is 1. The molecule has 2 aliphatic rings. The van der Waals surface area contributed by atoms with Crippen molar-refractivity contribution in [1.82, 2.24) is 24.8 Å². The van der Waals surface area contributed by atoms with E-state index in [1.54, 1.807) is 27.7 Å². The molecular formula is C28H24ClFN6O3. The SMILES string of the molecule is CC(=O)N1CCC(C(=O)Nc2cc(-c3ccc4ncnn4c3)cc3c2C(c2cc(F)ccc2Cl)NC3=O)CC1. The predicted octanol–water partition coefficient (Wildman–Crippen LogP) is 4.22. The van der Waals surface area contributed by atoms with Crippen molar-refractivity contribution < 1.29 is 18.8 Å². The fraction of sp³-hybridized carbons (Fsp3) is 0.250. The molecule has 2 N–H and O–H groups in total. The van der Waals surface area contributed by atoms with E-state index in [-0.39, 0.29) is 23.6 Å². The zero-order valence-electron chi connectivity index (χ0n) is 20.9. The van der Waals surface area contributed by atoms with Crippen molar-refractivity contribution in [3.8, 4) is 11.1 Å². The lowest BCUT2D eigenvalue weighted by molar-refractivity contribution is -0.132. The van der Waals surface area contributed by atoms with Crippen molar-refractivity contribution in [2.24, 2.45) is 5.92 Å². The molecule has 0 aliphatic carbocycles. The number of pyridine rings is 1. The molecule has 39 heavy (non-hydrogen) atoms. The van der Waals surface area contributed by atoms with Gasteiger partial charge in [-0.15, -0.1) is 0 Å². The van der Waals surface area contributed by atoms with Crippen molar-refractivity contribution >= 4 is 40.7 Å². The molecule has 11 heteroatoms. The maximum atomic E-state index is 14.2. The summed E-state index contributed by atoms with van der Waals surface area (Å²) in [5, 5.41) is 10.4. The van der Waals surface area contributed by atoms with Crippen LogP contribution in [0.1, 0.15) is 47.3 Å². The average Bonchev–Trinajstić information content (AvgIpc) is 3.54. The number of fused-ring (bicyclic) bond motifs is 2. The van der Waals surface area contributed by atoms with E-state index in [1.165, 1.54) is 31.5 Å². The number of piperidine rings is 1. The van der Waals surface area contributed by atoms with E-state index in [0.29, 0.717) is 64.5 Å². The number of hydrogen-bond acceptors (Lipinski definition) is 5. The van der Waals surface area contributed by atoms with Gasteiger partial charge in [0.1, 0.15) is 12.1 Å². The lowest BCUT2D eigenvalue weighted by atomic mass is 9.92. The number of benzene rings is 2. The molecule has 3 amide bonds. The fourth-order valence-corrected chi connectivity index (χ4v) is 5.58. The molecule has 0 spiro atoms. The molecule has 2 aliphatic heterocycles. The van der Waals surface area contributed by atoms with E-state index in [4.69, 9.17) is 11.6 Å². The maximum Gasteiger partial charge on any atom is 0.252 e. The van der Waals surface area contributed by atoms with E-state index in [1.807, 2.05) is 12.1 Å². The number of amides is 3. The van der Waals surface area contributed by atoms with Crippen LogP contribution in [0.5, 0.6) is 0 Å². The molecule has 198 valence electrons. The lowest BCUT2D eigenvalue weighted by Crippen LogP contribution is -2.40. The number of anilines is 1. The van der Waals surface area contributed by atoms with Crippen molar-refractivity contribution in [3.63, 3.8) is 0 Å². The first-order valence-electron chi connectivity index (χ1n) is 12.6. The molecule has 1 fully saturated rings. The normalized spacial score (nSPS) is 17.3. The average molecular weight is 547 g/mol. The van der Waals surface area contributed by atoms with Gasteiger partial charge in [-0.2, -0.15) is 5.10 Å². The third-order valence-corrected chi connectivity index (χ3v) is 7.78. The minimum Gasteiger partial charge on any atom is -0.343 e. The van der Waals surface area contributed by atoms with Crippen LogP contribution in [0.15, 0.2) is 55.0 Å². The number of halogens is 2. The standard InChI is InChI=1S/C28H24ClFN6O3/c1-15(37)35-8-6-16(7-9-35)27(38)33-23-11-18(17-2-5-24-31-14-32-36(24)13-17)10-21-25(23)26(34-28(21)39)20-12-19(30)3-4-22(20)29/h2-5,10-14,16,26H,6-9H2,1H3,(H,33,38)(H,34,39). The van der Waals surface area contributed by atoms with Crippen LogP contribution in [0.25, 0.3) is 16.8 Å². The van der Waals surface area contributed by atoms with Gasteiger partial charge < -0.3 is 15.5 Å². The Bertz CT molecular complexity index is 1650. The number of carbonyl (C=O) groups excluding carboxylic acids is 3. The Balaban J connectivity index is 1.42. The smallest absolute Gasteiger partial charge is 0.252 e. The van der Waals surface area contributed by atoms with Crippen LogP contribution >= 0.6 is 11.6 Å². The molecular weight excluding hydrogens is 523 g/mol. The zero-order chi connectivity index (χ0) is 27.3. The van der Waals surface area contributed by atoms with Gasteiger partial charge in [-0.05, 0) is 60.9 Å².